The summed E-state index contributed by atoms with van der Waals surface area (Å²) in [6, 6.07) is -0.537. The molecule has 1 aromatic rings. The fraction of sp³-hybridized carbons (Fsp3) is 0.615. The Morgan fingerprint density at radius 1 is 1.33 bits per heavy atom. The van der Waals surface area contributed by atoms with Gasteiger partial charge in [-0.2, -0.15) is 0 Å². The Hall–Kier alpha value is -1.38. The van der Waals surface area contributed by atoms with Gasteiger partial charge in [0.05, 0.1) is 7.11 Å². The summed E-state index contributed by atoms with van der Waals surface area (Å²) in [5.74, 6) is -0.358. The van der Waals surface area contributed by atoms with Crippen molar-refractivity contribution in [1.29, 1.82) is 0 Å². The molecule has 1 fully saturated rings. The summed E-state index contributed by atoms with van der Waals surface area (Å²) in [4.78, 5) is 11.7. The van der Waals surface area contributed by atoms with Gasteiger partial charge in [0.2, 0.25) is 10.0 Å². The number of esters is 1. The summed E-state index contributed by atoms with van der Waals surface area (Å²) < 4.78 is 37.7. The third kappa shape index (κ3) is 2.97. The minimum absolute atomic E-state index is 0.0610. The second kappa shape index (κ2) is 5.78. The number of sulfonamides is 1. The number of hydrogen-bond acceptors (Lipinski definition) is 6. The number of aryl methyl sites for hydroxylation is 2. The molecule has 2 rings (SSSR count). The first-order valence-corrected chi connectivity index (χ1v) is 8.22. The van der Waals surface area contributed by atoms with E-state index in [4.69, 9.17) is 10.2 Å². The molecule has 0 radical (unpaired) electrons. The molecular weight excluding hydrogens is 296 g/mol. The molecule has 1 heterocycles. The lowest BCUT2D eigenvalue weighted by Gasteiger charge is -2.17. The summed E-state index contributed by atoms with van der Waals surface area (Å²) in [5, 5.41) is 0. The maximum atomic E-state index is 12.6. The topological polar surface area (TPSA) is 112 Å². The maximum absolute atomic E-state index is 12.6. The molecule has 0 aliphatic heterocycles. The van der Waals surface area contributed by atoms with Crippen molar-refractivity contribution < 1.29 is 22.4 Å². The van der Waals surface area contributed by atoms with Crippen molar-refractivity contribution >= 4 is 16.0 Å². The van der Waals surface area contributed by atoms with Crippen molar-refractivity contribution in [2.75, 3.05) is 7.11 Å². The van der Waals surface area contributed by atoms with Crippen LogP contribution in [0.3, 0.4) is 0 Å². The van der Waals surface area contributed by atoms with Gasteiger partial charge in [-0.15, -0.1) is 0 Å². The molecule has 1 aliphatic rings. The van der Waals surface area contributed by atoms with Crippen LogP contribution in [-0.2, 0) is 14.8 Å². The second-order valence-corrected chi connectivity index (χ2v) is 6.88. The van der Waals surface area contributed by atoms with E-state index in [1.54, 1.807) is 0 Å². The van der Waals surface area contributed by atoms with E-state index in [0.717, 1.165) is 12.8 Å². The predicted octanol–water partition coefficient (Wildman–Crippen LogP) is 0.841. The largest absolute Gasteiger partial charge is 0.465 e. The van der Waals surface area contributed by atoms with Crippen molar-refractivity contribution in [3.63, 3.8) is 0 Å². The molecule has 0 spiro atoms. The standard InChI is InChI=1S/C13H20N2O5S/c1-7-11(13(16)19-3)12(8(2)20-7)21(17,18)15-10-6-4-5-9(10)14/h9-10,15H,4-6,14H2,1-3H3. The molecule has 0 amide bonds. The van der Waals surface area contributed by atoms with Gasteiger partial charge in [-0.25, -0.2) is 17.9 Å². The zero-order chi connectivity index (χ0) is 15.8. The molecular formula is C13H20N2O5S. The van der Waals surface area contributed by atoms with Crippen LogP contribution in [-0.4, -0.2) is 33.6 Å². The fourth-order valence-electron chi connectivity index (χ4n) is 2.72. The van der Waals surface area contributed by atoms with Gasteiger partial charge in [-0.1, -0.05) is 6.42 Å². The molecule has 2 unspecified atom stereocenters. The minimum atomic E-state index is -3.90. The van der Waals surface area contributed by atoms with Crippen LogP contribution in [0.2, 0.25) is 0 Å². The molecule has 1 aliphatic carbocycles. The SMILES string of the molecule is COC(=O)c1c(C)oc(C)c1S(=O)(=O)NC1CCCC1N. The molecule has 8 heteroatoms. The number of nitrogens with two attached hydrogens (primary N) is 1. The summed E-state index contributed by atoms with van der Waals surface area (Å²) in [5.41, 5.74) is 5.83. The van der Waals surface area contributed by atoms with Crippen molar-refractivity contribution in [2.45, 2.75) is 50.1 Å². The summed E-state index contributed by atoms with van der Waals surface area (Å²) >= 11 is 0. The van der Waals surface area contributed by atoms with Crippen LogP contribution in [0.4, 0.5) is 0 Å². The van der Waals surface area contributed by atoms with E-state index >= 15 is 0 Å². The summed E-state index contributed by atoms with van der Waals surface area (Å²) in [6.07, 6.45) is 2.34. The van der Waals surface area contributed by atoms with Crippen molar-refractivity contribution in [3.8, 4) is 0 Å². The average Bonchev–Trinajstić information content (AvgIpc) is 2.92. The number of hydrogen-bond donors (Lipinski definition) is 2. The van der Waals surface area contributed by atoms with Gasteiger partial charge in [-0.3, -0.25) is 0 Å². The monoisotopic (exact) mass is 316 g/mol. The fourth-order valence-corrected chi connectivity index (χ4v) is 4.44. The third-order valence-corrected chi connectivity index (χ3v) is 5.38. The summed E-state index contributed by atoms with van der Waals surface area (Å²) in [7, 11) is -2.70. The van der Waals surface area contributed by atoms with Crippen molar-refractivity contribution in [3.05, 3.63) is 17.1 Å². The smallest absolute Gasteiger partial charge is 0.342 e. The van der Waals surface area contributed by atoms with Crippen LogP contribution in [0.5, 0.6) is 0 Å². The van der Waals surface area contributed by atoms with Gasteiger partial charge in [0.1, 0.15) is 22.0 Å². The minimum Gasteiger partial charge on any atom is -0.465 e. The van der Waals surface area contributed by atoms with E-state index in [1.165, 1.54) is 21.0 Å². The Bertz CT molecular complexity index is 650. The van der Waals surface area contributed by atoms with Crippen LogP contribution in [0.25, 0.3) is 0 Å². The first kappa shape index (κ1) is 16.0. The first-order valence-electron chi connectivity index (χ1n) is 6.74. The van der Waals surface area contributed by atoms with Gasteiger partial charge in [0.15, 0.2) is 0 Å². The molecule has 21 heavy (non-hydrogen) atoms. The number of carbonyl (C=O) groups excluding carboxylic acids is 1. The lowest BCUT2D eigenvalue weighted by atomic mass is 10.2. The van der Waals surface area contributed by atoms with E-state index in [1.807, 2.05) is 0 Å². The number of furan rings is 1. The lowest BCUT2D eigenvalue weighted by molar-refractivity contribution is 0.0595. The van der Waals surface area contributed by atoms with Gasteiger partial charge in [0.25, 0.3) is 0 Å². The Morgan fingerprint density at radius 3 is 2.52 bits per heavy atom. The molecule has 3 N–H and O–H groups in total. The van der Waals surface area contributed by atoms with E-state index < -0.39 is 16.0 Å². The molecule has 0 aromatic carbocycles. The van der Waals surface area contributed by atoms with Gasteiger partial charge >= 0.3 is 5.97 Å². The second-order valence-electron chi connectivity index (χ2n) is 5.23. The van der Waals surface area contributed by atoms with Gasteiger partial charge in [0, 0.05) is 12.1 Å². The van der Waals surface area contributed by atoms with Crippen LogP contribution in [0, 0.1) is 13.8 Å². The highest BCUT2D eigenvalue weighted by Crippen LogP contribution is 2.28. The molecule has 1 aromatic heterocycles. The normalized spacial score (nSPS) is 22.5. The maximum Gasteiger partial charge on any atom is 0.342 e. The Labute approximate surface area is 123 Å². The van der Waals surface area contributed by atoms with Crippen LogP contribution < -0.4 is 10.5 Å². The van der Waals surface area contributed by atoms with Gasteiger partial charge in [-0.05, 0) is 26.7 Å². The van der Waals surface area contributed by atoms with E-state index in [2.05, 4.69) is 9.46 Å². The molecule has 0 saturated heterocycles. The molecule has 0 bridgehead atoms. The van der Waals surface area contributed by atoms with E-state index in [-0.39, 0.29) is 34.1 Å². The van der Waals surface area contributed by atoms with E-state index in [9.17, 15) is 13.2 Å². The number of ether oxygens (including phenoxy) is 1. The van der Waals surface area contributed by atoms with Crippen molar-refractivity contribution in [2.24, 2.45) is 5.73 Å². The Kier molecular flexibility index (Phi) is 4.40. The zero-order valence-corrected chi connectivity index (χ0v) is 13.1. The number of carbonyl (C=O) groups is 1. The molecule has 2 atom stereocenters. The number of nitrogens with one attached hydrogen (secondary N) is 1. The highest BCUT2D eigenvalue weighted by Gasteiger charge is 2.35. The first-order chi connectivity index (χ1) is 9.77. The number of rotatable bonds is 4. The summed E-state index contributed by atoms with van der Waals surface area (Å²) in [6.45, 7) is 3.03. The van der Waals surface area contributed by atoms with Crippen molar-refractivity contribution in [1.82, 2.24) is 4.72 Å². The Balaban J connectivity index is 2.42. The number of methoxy groups -OCH3 is 1. The van der Waals surface area contributed by atoms with Crippen LogP contribution >= 0.6 is 0 Å². The quantitative estimate of drug-likeness (QED) is 0.796. The Morgan fingerprint density at radius 2 is 2.00 bits per heavy atom. The highest BCUT2D eigenvalue weighted by molar-refractivity contribution is 7.89. The molecule has 1 saturated carbocycles. The average molecular weight is 316 g/mol. The van der Waals surface area contributed by atoms with Crippen LogP contribution in [0.1, 0.15) is 41.1 Å². The predicted molar refractivity (Wildman–Crippen MR) is 75.5 cm³/mol. The molecule has 7 nitrogen and oxygen atoms in total. The van der Waals surface area contributed by atoms with Gasteiger partial charge < -0.3 is 14.9 Å². The highest BCUT2D eigenvalue weighted by atomic mass is 32.2. The lowest BCUT2D eigenvalue weighted by Crippen LogP contribution is -2.44. The van der Waals surface area contributed by atoms with Crippen LogP contribution in [0.15, 0.2) is 9.31 Å². The van der Waals surface area contributed by atoms with E-state index in [0.29, 0.717) is 6.42 Å². The molecule has 118 valence electrons. The third-order valence-electron chi connectivity index (χ3n) is 3.74. The zero-order valence-electron chi connectivity index (χ0n) is 12.3.